The Balaban J connectivity index is 0.718. The lowest BCUT2D eigenvalue weighted by atomic mass is 9.80. The van der Waals surface area contributed by atoms with Crippen LogP contribution in [0.5, 0.6) is 0 Å². The fourth-order valence-corrected chi connectivity index (χ4v) is 12.0. The standard InChI is InChI=1S/C56H62N6O6/c63-51(57-47-25-39(47)33-13-5-1-6-14-33)43-29-61(30-44(43)52(64)58-48-26-40(48)34-15-7-2-8-16-34)55(67)37-21-23-38(24-22-37)56(68)62-31-45(53(65)59-49-27-41(49)35-17-9-3-10-18-35)46(32-62)54(66)60-50-28-42(50)36-19-11-4-12-20-36/h1-20,37-50H,21-32H2,(H,57,63)(H,58,64)(H,59,65)(H,60,66)/t37-,38-,39-,40-,41-,42-,43-,44-,45-,46-,47+,48+,49+,50+/m1/s1. The second-order valence-electron chi connectivity index (χ2n) is 20.9. The second kappa shape index (κ2) is 18.7. The minimum absolute atomic E-state index is 0.00241. The van der Waals surface area contributed by atoms with Crippen molar-refractivity contribution >= 4 is 35.4 Å². The van der Waals surface area contributed by atoms with Gasteiger partial charge in [-0.05, 0) is 73.6 Å². The number of rotatable bonds is 14. The van der Waals surface area contributed by atoms with Crippen molar-refractivity contribution < 1.29 is 28.8 Å². The molecule has 4 N–H and O–H groups in total. The molecule has 12 nitrogen and oxygen atoms in total. The first-order chi connectivity index (χ1) is 33.2. The first-order valence-corrected chi connectivity index (χ1v) is 25.2. The van der Waals surface area contributed by atoms with E-state index < -0.39 is 23.7 Å². The van der Waals surface area contributed by atoms with E-state index in [0.717, 1.165) is 25.7 Å². The van der Waals surface area contributed by atoms with Crippen LogP contribution in [0.2, 0.25) is 0 Å². The zero-order chi connectivity index (χ0) is 46.5. The molecule has 5 saturated carbocycles. The molecule has 12 atom stereocenters. The summed E-state index contributed by atoms with van der Waals surface area (Å²) in [6, 6.07) is 40.6. The van der Waals surface area contributed by atoms with Crippen LogP contribution < -0.4 is 21.3 Å². The minimum atomic E-state index is -0.665. The lowest BCUT2D eigenvalue weighted by Gasteiger charge is -2.32. The quantitative estimate of drug-likeness (QED) is 0.129. The van der Waals surface area contributed by atoms with E-state index in [1.165, 1.54) is 22.3 Å². The summed E-state index contributed by atoms with van der Waals surface area (Å²) >= 11 is 0. The predicted molar refractivity (Wildman–Crippen MR) is 255 cm³/mol. The van der Waals surface area contributed by atoms with Gasteiger partial charge in [-0.2, -0.15) is 0 Å². The second-order valence-corrected chi connectivity index (χ2v) is 20.9. The molecule has 0 bridgehead atoms. The van der Waals surface area contributed by atoms with Gasteiger partial charge >= 0.3 is 0 Å². The topological polar surface area (TPSA) is 157 Å². The van der Waals surface area contributed by atoms with Crippen molar-refractivity contribution in [2.24, 2.45) is 35.5 Å². The molecule has 4 aromatic carbocycles. The molecule has 2 heterocycles. The van der Waals surface area contributed by atoms with Crippen LogP contribution in [0, 0.1) is 35.5 Å². The van der Waals surface area contributed by atoms with Gasteiger partial charge in [-0.15, -0.1) is 0 Å². The Labute approximate surface area is 398 Å². The molecule has 2 saturated heterocycles. The summed E-state index contributed by atoms with van der Waals surface area (Å²) in [5, 5.41) is 12.9. The highest BCUT2D eigenvalue weighted by molar-refractivity contribution is 5.93. The van der Waals surface area contributed by atoms with Crippen molar-refractivity contribution in [3.8, 4) is 0 Å². The van der Waals surface area contributed by atoms with Crippen LogP contribution in [0.4, 0.5) is 0 Å². The molecule has 6 amide bonds. The molecule has 12 heteroatoms. The smallest absolute Gasteiger partial charge is 0.226 e. The maximum Gasteiger partial charge on any atom is 0.226 e. The van der Waals surface area contributed by atoms with Gasteiger partial charge in [0.05, 0.1) is 23.7 Å². The van der Waals surface area contributed by atoms with Crippen LogP contribution in [0.25, 0.3) is 0 Å². The average molecular weight is 915 g/mol. The Hall–Kier alpha value is -6.30. The molecule has 0 radical (unpaired) electrons. The van der Waals surface area contributed by atoms with Gasteiger partial charge < -0.3 is 31.1 Å². The lowest BCUT2D eigenvalue weighted by Crippen LogP contribution is -2.43. The van der Waals surface area contributed by atoms with E-state index in [9.17, 15) is 28.8 Å². The van der Waals surface area contributed by atoms with Crippen LogP contribution in [-0.2, 0) is 28.8 Å². The number of hydrogen-bond acceptors (Lipinski definition) is 6. The zero-order valence-corrected chi connectivity index (χ0v) is 38.5. The van der Waals surface area contributed by atoms with Crippen LogP contribution >= 0.6 is 0 Å². The molecule has 7 aliphatic rings. The van der Waals surface area contributed by atoms with E-state index in [2.05, 4.69) is 69.8 Å². The first-order valence-electron chi connectivity index (χ1n) is 25.2. The van der Waals surface area contributed by atoms with Gasteiger partial charge in [-0.1, -0.05) is 121 Å². The monoisotopic (exact) mass is 914 g/mol. The van der Waals surface area contributed by atoms with E-state index in [1.54, 1.807) is 9.80 Å². The van der Waals surface area contributed by atoms with Gasteiger partial charge in [-0.25, -0.2) is 0 Å². The Kier molecular flexibility index (Phi) is 12.1. The third-order valence-corrected chi connectivity index (χ3v) is 16.4. The van der Waals surface area contributed by atoms with E-state index in [-0.39, 0.29) is 121 Å². The van der Waals surface area contributed by atoms with Crippen molar-refractivity contribution in [2.45, 2.75) is 99.2 Å². The molecular formula is C56H62N6O6. The third-order valence-electron chi connectivity index (χ3n) is 16.4. The van der Waals surface area contributed by atoms with Crippen LogP contribution in [0.3, 0.4) is 0 Å². The van der Waals surface area contributed by atoms with Crippen molar-refractivity contribution in [3.63, 3.8) is 0 Å². The number of carbonyl (C=O) groups is 6. The first kappa shape index (κ1) is 44.2. The summed E-state index contributed by atoms with van der Waals surface area (Å²) in [4.78, 5) is 88.2. The van der Waals surface area contributed by atoms with Gasteiger partial charge in [0.1, 0.15) is 0 Å². The number of nitrogens with zero attached hydrogens (tertiary/aromatic N) is 2. The summed E-state index contributed by atoms with van der Waals surface area (Å²) in [6.45, 7) is 0.713. The third kappa shape index (κ3) is 9.43. The van der Waals surface area contributed by atoms with Crippen molar-refractivity contribution in [1.29, 1.82) is 0 Å². The van der Waals surface area contributed by atoms with Crippen molar-refractivity contribution in [3.05, 3.63) is 144 Å². The van der Waals surface area contributed by atoms with Crippen LogP contribution in [-0.4, -0.2) is 95.6 Å². The lowest BCUT2D eigenvalue weighted by molar-refractivity contribution is -0.141. The fraction of sp³-hybridized carbons (Fsp3) is 0.464. The molecular weight excluding hydrogens is 853 g/mol. The van der Waals surface area contributed by atoms with Crippen LogP contribution in [0.1, 0.15) is 97.3 Å². The fourth-order valence-electron chi connectivity index (χ4n) is 12.0. The molecule has 5 aliphatic carbocycles. The maximum atomic E-state index is 14.3. The molecule has 68 heavy (non-hydrogen) atoms. The highest BCUT2D eigenvalue weighted by Gasteiger charge is 2.52. The van der Waals surface area contributed by atoms with E-state index in [1.807, 2.05) is 72.8 Å². The van der Waals surface area contributed by atoms with Crippen molar-refractivity contribution in [1.82, 2.24) is 31.1 Å². The van der Waals surface area contributed by atoms with Gasteiger partial charge in [0, 0.05) is 85.9 Å². The Morgan fingerprint density at radius 1 is 0.338 bits per heavy atom. The molecule has 0 spiro atoms. The molecule has 0 aromatic heterocycles. The average Bonchev–Trinajstić information content (AvgIpc) is 4.31. The number of hydrogen-bond donors (Lipinski definition) is 4. The molecule has 11 rings (SSSR count). The zero-order valence-electron chi connectivity index (χ0n) is 38.5. The highest BCUT2D eigenvalue weighted by Crippen LogP contribution is 2.45. The summed E-state index contributed by atoms with van der Waals surface area (Å²) < 4.78 is 0. The predicted octanol–water partition coefficient (Wildman–Crippen LogP) is 5.63. The summed E-state index contributed by atoms with van der Waals surface area (Å²) in [6.07, 6.45) is 5.40. The van der Waals surface area contributed by atoms with Gasteiger partial charge in [-0.3, -0.25) is 28.8 Å². The number of amides is 6. The summed E-state index contributed by atoms with van der Waals surface area (Å²) in [5.41, 5.74) is 4.73. The van der Waals surface area contributed by atoms with E-state index in [0.29, 0.717) is 25.7 Å². The molecule has 0 unspecified atom stereocenters. The molecule has 2 aliphatic heterocycles. The maximum absolute atomic E-state index is 14.3. The number of benzene rings is 4. The molecule has 4 aromatic rings. The number of nitrogens with one attached hydrogen (secondary N) is 4. The van der Waals surface area contributed by atoms with Gasteiger partial charge in [0.2, 0.25) is 35.4 Å². The van der Waals surface area contributed by atoms with Gasteiger partial charge in [0.25, 0.3) is 0 Å². The largest absolute Gasteiger partial charge is 0.352 e. The molecule has 7 fully saturated rings. The van der Waals surface area contributed by atoms with E-state index >= 15 is 0 Å². The molecule has 352 valence electrons. The minimum Gasteiger partial charge on any atom is -0.352 e. The van der Waals surface area contributed by atoms with Crippen molar-refractivity contribution in [2.75, 3.05) is 26.2 Å². The van der Waals surface area contributed by atoms with Gasteiger partial charge in [0.15, 0.2) is 0 Å². The summed E-state index contributed by atoms with van der Waals surface area (Å²) in [7, 11) is 0. The summed E-state index contributed by atoms with van der Waals surface area (Å²) in [5.74, 6) is -3.23. The number of likely N-dealkylation sites (tertiary alicyclic amines) is 2. The normalized spacial score (nSPS) is 33.2. The Morgan fingerprint density at radius 2 is 0.559 bits per heavy atom. The van der Waals surface area contributed by atoms with Crippen LogP contribution in [0.15, 0.2) is 121 Å². The number of carbonyl (C=O) groups excluding carboxylic acids is 6. The Morgan fingerprint density at radius 3 is 0.779 bits per heavy atom. The van der Waals surface area contributed by atoms with E-state index in [4.69, 9.17) is 0 Å². The Bertz CT molecular complexity index is 2190. The highest BCUT2D eigenvalue weighted by atomic mass is 16.2. The SMILES string of the molecule is O=C(N[C@H]1C[C@@H]1c1ccccc1)[C@@H]1CN(C(=O)[C@H]2CC[C@H](C(=O)N3C[C@@H](C(=O)N[C@H]4C[C@@H]4c4ccccc4)[C@H](C(=O)N[C@H]4C[C@@H]4c4ccccc4)C3)CC2)C[C@H]1C(=O)N[C@H]1C[C@@H]1c1ccccc1.